The second kappa shape index (κ2) is 14.4. The van der Waals surface area contributed by atoms with Crippen LogP contribution >= 0.6 is 7.44 Å². The number of nitrogens with one attached hydrogen (secondary N) is 2. The van der Waals surface area contributed by atoms with Gasteiger partial charge in [-0.05, 0) is 48.0 Å². The van der Waals surface area contributed by atoms with Gasteiger partial charge in [0.2, 0.25) is 19.3 Å². The Morgan fingerprint density at radius 2 is 1.58 bits per heavy atom. The number of aromatic nitrogens is 4. The number of rotatable bonds is 16. The summed E-state index contributed by atoms with van der Waals surface area (Å²) in [5.41, 5.74) is 6.78. The number of carbonyl (C=O) groups is 2. The predicted octanol–water partition coefficient (Wildman–Crippen LogP) is 2.22. The topological polar surface area (TPSA) is 182 Å². The standard InChI is InChI=1S/C23H40N7O7P/c1-8-10-35-20-18-19(26-23(24)27-20)30(12-25-18)9-11-34-13-38(33,28-16(6)21(31)36-14(2)3)29-17(7)22(32)37-15(4)5/h12,14-17H,8-11,13H2,1-7H3,(H2,24,26,27)(H2,28,29,33)/t16-,17-/m0/s1. The Balaban J connectivity index is 2.10. The number of anilines is 1. The first-order valence-electron chi connectivity index (χ1n) is 12.6. The average molecular weight is 558 g/mol. The first kappa shape index (κ1) is 31.4. The Morgan fingerprint density at radius 3 is 2.11 bits per heavy atom. The summed E-state index contributed by atoms with van der Waals surface area (Å²) in [5.74, 6) is -0.810. The second-order valence-corrected chi connectivity index (χ2v) is 11.5. The van der Waals surface area contributed by atoms with Crippen LogP contribution < -0.4 is 20.6 Å². The first-order chi connectivity index (χ1) is 17.8. The SMILES string of the molecule is CCCOc1nc(N)nc2c1ncn2CCOCP(=O)(N[C@@H](C)C(=O)OC(C)C)N[C@@H](C)C(=O)OC(C)C. The number of esters is 2. The lowest BCUT2D eigenvalue weighted by atomic mass is 10.4. The quantitative estimate of drug-likeness (QED) is 0.155. The van der Waals surface area contributed by atoms with E-state index in [0.717, 1.165) is 6.42 Å². The van der Waals surface area contributed by atoms with E-state index in [0.29, 0.717) is 30.2 Å². The highest BCUT2D eigenvalue weighted by molar-refractivity contribution is 7.59. The Hall–Kier alpha value is -2.80. The molecule has 2 heterocycles. The van der Waals surface area contributed by atoms with Crippen LogP contribution in [0.1, 0.15) is 54.9 Å². The van der Waals surface area contributed by atoms with Crippen molar-refractivity contribution in [1.82, 2.24) is 29.7 Å². The zero-order chi connectivity index (χ0) is 28.5. The van der Waals surface area contributed by atoms with Gasteiger partial charge in [0.15, 0.2) is 11.2 Å². The van der Waals surface area contributed by atoms with E-state index >= 15 is 0 Å². The fraction of sp³-hybridized carbons (Fsp3) is 0.696. The van der Waals surface area contributed by atoms with Gasteiger partial charge in [0.25, 0.3) is 0 Å². The van der Waals surface area contributed by atoms with Crippen LogP contribution in [0.3, 0.4) is 0 Å². The minimum atomic E-state index is -3.62. The van der Waals surface area contributed by atoms with Gasteiger partial charge in [-0.25, -0.2) is 15.2 Å². The minimum Gasteiger partial charge on any atom is -0.476 e. The minimum absolute atomic E-state index is 0.0497. The summed E-state index contributed by atoms with van der Waals surface area (Å²) in [6.07, 6.45) is 1.35. The zero-order valence-electron chi connectivity index (χ0n) is 23.1. The number of fused-ring (bicyclic) bond motifs is 1. The van der Waals surface area contributed by atoms with Gasteiger partial charge < -0.3 is 29.2 Å². The van der Waals surface area contributed by atoms with Gasteiger partial charge in [-0.2, -0.15) is 9.97 Å². The smallest absolute Gasteiger partial charge is 0.323 e. The molecule has 0 aliphatic rings. The van der Waals surface area contributed by atoms with E-state index < -0.39 is 31.5 Å². The molecule has 0 aliphatic carbocycles. The third-order valence-corrected chi connectivity index (χ3v) is 7.01. The van der Waals surface area contributed by atoms with Gasteiger partial charge in [0.1, 0.15) is 18.4 Å². The van der Waals surface area contributed by atoms with Crippen molar-refractivity contribution in [2.75, 3.05) is 25.3 Å². The molecule has 0 aliphatic heterocycles. The van der Waals surface area contributed by atoms with Gasteiger partial charge in [-0.3, -0.25) is 14.2 Å². The number of carbonyl (C=O) groups excluding carboxylic acids is 2. The van der Waals surface area contributed by atoms with Crippen LogP contribution in [0.25, 0.3) is 11.2 Å². The van der Waals surface area contributed by atoms with Crippen molar-refractivity contribution in [1.29, 1.82) is 0 Å². The van der Waals surface area contributed by atoms with E-state index in [2.05, 4.69) is 25.1 Å². The highest BCUT2D eigenvalue weighted by atomic mass is 31.2. The molecule has 0 radical (unpaired) electrons. The fourth-order valence-corrected chi connectivity index (χ4v) is 5.34. The maximum atomic E-state index is 13.7. The third-order valence-electron chi connectivity index (χ3n) is 4.86. The molecule has 0 saturated carbocycles. The number of nitrogens with zero attached hydrogens (tertiary/aromatic N) is 4. The van der Waals surface area contributed by atoms with Crippen molar-refractivity contribution in [2.24, 2.45) is 0 Å². The van der Waals surface area contributed by atoms with Crippen LogP contribution in [0, 0.1) is 0 Å². The molecule has 4 N–H and O–H groups in total. The van der Waals surface area contributed by atoms with Gasteiger partial charge in [-0.15, -0.1) is 0 Å². The highest BCUT2D eigenvalue weighted by Crippen LogP contribution is 2.37. The molecule has 0 aromatic carbocycles. The molecule has 2 aromatic rings. The van der Waals surface area contributed by atoms with Gasteiger partial charge >= 0.3 is 11.9 Å². The zero-order valence-corrected chi connectivity index (χ0v) is 24.0. The summed E-state index contributed by atoms with van der Waals surface area (Å²) in [7, 11) is -3.62. The van der Waals surface area contributed by atoms with Crippen LogP contribution in [0.2, 0.25) is 0 Å². The van der Waals surface area contributed by atoms with Crippen LogP contribution in [-0.2, 0) is 34.9 Å². The lowest BCUT2D eigenvalue weighted by Crippen LogP contribution is -2.43. The summed E-state index contributed by atoms with van der Waals surface area (Å²) in [6.45, 7) is 12.8. The third kappa shape index (κ3) is 9.50. The normalized spacial score (nSPS) is 13.6. The molecule has 0 amide bonds. The molecule has 0 spiro atoms. The number of nitrogen functional groups attached to an aromatic ring is 1. The molecular weight excluding hydrogens is 517 g/mol. The molecule has 2 rings (SSSR count). The van der Waals surface area contributed by atoms with E-state index in [4.69, 9.17) is 24.7 Å². The van der Waals surface area contributed by atoms with Crippen molar-refractivity contribution in [3.05, 3.63) is 6.33 Å². The summed E-state index contributed by atoms with van der Waals surface area (Å²) in [5, 5.41) is 5.52. The maximum absolute atomic E-state index is 13.7. The van der Waals surface area contributed by atoms with E-state index in [-0.39, 0.29) is 31.1 Å². The number of nitrogens with two attached hydrogens (primary N) is 1. The van der Waals surface area contributed by atoms with Crippen LogP contribution in [0.5, 0.6) is 5.88 Å². The Kier molecular flexibility index (Phi) is 11.9. The molecule has 14 nitrogen and oxygen atoms in total. The lowest BCUT2D eigenvalue weighted by molar-refractivity contribution is -0.149. The van der Waals surface area contributed by atoms with Crippen LogP contribution in [0.15, 0.2) is 6.33 Å². The molecular formula is C23H40N7O7P. The molecule has 0 saturated heterocycles. The monoisotopic (exact) mass is 557 g/mol. The van der Waals surface area contributed by atoms with E-state index in [1.807, 2.05) is 6.92 Å². The lowest BCUT2D eigenvalue weighted by Gasteiger charge is -2.27. The molecule has 2 aromatic heterocycles. The molecule has 38 heavy (non-hydrogen) atoms. The van der Waals surface area contributed by atoms with Crippen molar-refractivity contribution in [3.8, 4) is 5.88 Å². The number of hydrogen-bond acceptors (Lipinski definition) is 11. The number of hydrogen-bond donors (Lipinski definition) is 3. The molecule has 0 fully saturated rings. The Morgan fingerprint density at radius 1 is 1.00 bits per heavy atom. The van der Waals surface area contributed by atoms with E-state index in [1.165, 1.54) is 13.8 Å². The summed E-state index contributed by atoms with van der Waals surface area (Å²) in [6, 6.07) is -1.85. The fourth-order valence-electron chi connectivity index (χ4n) is 3.26. The van der Waals surface area contributed by atoms with Crippen molar-refractivity contribution in [2.45, 2.75) is 85.7 Å². The summed E-state index contributed by atoms with van der Waals surface area (Å²) < 4.78 is 37.2. The molecule has 15 heteroatoms. The molecule has 0 bridgehead atoms. The van der Waals surface area contributed by atoms with Crippen molar-refractivity contribution >= 4 is 36.5 Å². The van der Waals surface area contributed by atoms with Crippen molar-refractivity contribution < 1.29 is 33.1 Å². The highest BCUT2D eigenvalue weighted by Gasteiger charge is 2.32. The first-order valence-corrected chi connectivity index (χ1v) is 14.5. The average Bonchev–Trinajstić information content (AvgIpc) is 3.21. The number of ether oxygens (including phenoxy) is 4. The number of imidazole rings is 1. The Bertz CT molecular complexity index is 1090. The van der Waals surface area contributed by atoms with Crippen molar-refractivity contribution in [3.63, 3.8) is 0 Å². The largest absolute Gasteiger partial charge is 0.476 e. The molecule has 0 unspecified atom stereocenters. The Labute approximate surface area is 222 Å². The molecule has 2 atom stereocenters. The van der Waals surface area contributed by atoms with E-state index in [1.54, 1.807) is 38.6 Å². The van der Waals surface area contributed by atoms with E-state index in [9.17, 15) is 14.2 Å². The molecule has 214 valence electrons. The maximum Gasteiger partial charge on any atom is 0.323 e. The summed E-state index contributed by atoms with van der Waals surface area (Å²) >= 11 is 0. The second-order valence-electron chi connectivity index (χ2n) is 9.30. The van der Waals surface area contributed by atoms with Gasteiger partial charge in [0.05, 0.1) is 31.7 Å². The summed E-state index contributed by atoms with van der Waals surface area (Å²) in [4.78, 5) is 37.3. The van der Waals surface area contributed by atoms with Crippen LogP contribution in [-0.4, -0.2) is 75.3 Å². The van der Waals surface area contributed by atoms with Gasteiger partial charge in [-0.1, -0.05) is 6.92 Å². The van der Waals surface area contributed by atoms with Crippen LogP contribution in [0.4, 0.5) is 5.95 Å². The predicted molar refractivity (Wildman–Crippen MR) is 142 cm³/mol. The van der Waals surface area contributed by atoms with Gasteiger partial charge in [0, 0.05) is 6.54 Å².